The van der Waals surface area contributed by atoms with Crippen LogP contribution < -0.4 is 24.4 Å². The van der Waals surface area contributed by atoms with Crippen LogP contribution in [-0.2, 0) is 9.59 Å². The van der Waals surface area contributed by atoms with Gasteiger partial charge in [0, 0.05) is 23.1 Å². The number of hydrogen-bond donors (Lipinski definition) is 1. The van der Waals surface area contributed by atoms with E-state index in [1.54, 1.807) is 19.2 Å². The molecule has 2 aliphatic heterocycles. The van der Waals surface area contributed by atoms with Gasteiger partial charge in [-0.15, -0.1) is 0 Å². The van der Waals surface area contributed by atoms with Gasteiger partial charge in [-0.1, -0.05) is 0 Å². The Balaban J connectivity index is 1.52. The van der Waals surface area contributed by atoms with Crippen LogP contribution in [0.1, 0.15) is 17.0 Å². The zero-order valence-corrected chi connectivity index (χ0v) is 18.7. The summed E-state index contributed by atoms with van der Waals surface area (Å²) in [6.45, 7) is 3.90. The smallest absolute Gasteiger partial charge is 0.335 e. The average molecular weight is 459 g/mol. The van der Waals surface area contributed by atoms with Gasteiger partial charge in [-0.25, -0.2) is 9.69 Å². The first kappa shape index (κ1) is 21.3. The van der Waals surface area contributed by atoms with Crippen molar-refractivity contribution in [3.05, 3.63) is 71.1 Å². The minimum Gasteiger partial charge on any atom is -0.497 e. The van der Waals surface area contributed by atoms with Crippen molar-refractivity contribution in [3.63, 3.8) is 0 Å². The highest BCUT2D eigenvalue weighted by atomic mass is 16.7. The number of ether oxygens (including phenoxy) is 3. The van der Waals surface area contributed by atoms with Gasteiger partial charge >= 0.3 is 6.03 Å². The lowest BCUT2D eigenvalue weighted by molar-refractivity contribution is -0.122. The number of benzene rings is 2. The second-order valence-corrected chi connectivity index (χ2v) is 7.86. The first-order chi connectivity index (χ1) is 16.4. The highest BCUT2D eigenvalue weighted by Gasteiger charge is 2.37. The van der Waals surface area contributed by atoms with Crippen LogP contribution in [0, 0.1) is 13.8 Å². The van der Waals surface area contributed by atoms with Gasteiger partial charge in [0.25, 0.3) is 11.8 Å². The maximum atomic E-state index is 13.3. The normalized spacial score (nSPS) is 16.3. The number of urea groups is 1. The molecule has 4 amide bonds. The van der Waals surface area contributed by atoms with E-state index in [0.717, 1.165) is 27.7 Å². The van der Waals surface area contributed by atoms with Gasteiger partial charge in [-0.3, -0.25) is 14.9 Å². The summed E-state index contributed by atoms with van der Waals surface area (Å²) in [6.07, 6.45) is 1.51. The van der Waals surface area contributed by atoms with Crippen molar-refractivity contribution in [1.82, 2.24) is 9.88 Å². The molecule has 1 saturated heterocycles. The maximum Gasteiger partial charge on any atom is 0.335 e. The summed E-state index contributed by atoms with van der Waals surface area (Å²) in [7, 11) is 1.61. The van der Waals surface area contributed by atoms with E-state index in [1.807, 2.05) is 48.7 Å². The van der Waals surface area contributed by atoms with Gasteiger partial charge in [-0.2, -0.15) is 0 Å². The molecule has 0 saturated carbocycles. The molecule has 1 fully saturated rings. The first-order valence-electron chi connectivity index (χ1n) is 10.5. The molecule has 3 aromatic rings. The molecule has 0 radical (unpaired) electrons. The Morgan fingerprint density at radius 3 is 2.38 bits per heavy atom. The number of fused-ring (bicyclic) bond motifs is 1. The summed E-state index contributed by atoms with van der Waals surface area (Å²) in [6, 6.07) is 13.3. The van der Waals surface area contributed by atoms with E-state index in [2.05, 4.69) is 5.32 Å². The van der Waals surface area contributed by atoms with Crippen molar-refractivity contribution >= 4 is 29.6 Å². The molecule has 0 atom stereocenters. The molecule has 1 N–H and O–H groups in total. The van der Waals surface area contributed by atoms with Crippen molar-refractivity contribution < 1.29 is 28.6 Å². The van der Waals surface area contributed by atoms with Crippen LogP contribution in [-0.4, -0.2) is 36.3 Å². The molecule has 34 heavy (non-hydrogen) atoms. The number of methoxy groups -OCH3 is 1. The second-order valence-electron chi connectivity index (χ2n) is 7.86. The predicted octanol–water partition coefficient (Wildman–Crippen LogP) is 3.50. The van der Waals surface area contributed by atoms with E-state index in [9.17, 15) is 14.4 Å². The second kappa shape index (κ2) is 8.11. The summed E-state index contributed by atoms with van der Waals surface area (Å²) in [5, 5.41) is 2.25. The molecule has 0 bridgehead atoms. The highest BCUT2D eigenvalue weighted by molar-refractivity contribution is 6.39. The monoisotopic (exact) mass is 459 g/mol. The van der Waals surface area contributed by atoms with Gasteiger partial charge in [-0.05, 0) is 68.0 Å². The number of hydrogen-bond acceptors (Lipinski definition) is 6. The van der Waals surface area contributed by atoms with Crippen molar-refractivity contribution in [2.75, 3.05) is 18.8 Å². The van der Waals surface area contributed by atoms with Crippen LogP contribution >= 0.6 is 0 Å². The van der Waals surface area contributed by atoms with Gasteiger partial charge in [0.15, 0.2) is 11.5 Å². The Labute approximate surface area is 195 Å². The summed E-state index contributed by atoms with van der Waals surface area (Å²) < 4.78 is 17.9. The maximum absolute atomic E-state index is 13.3. The number of aromatic nitrogens is 1. The van der Waals surface area contributed by atoms with Gasteiger partial charge in [0.05, 0.1) is 12.8 Å². The topological polar surface area (TPSA) is 99.1 Å². The van der Waals surface area contributed by atoms with Gasteiger partial charge in [0.2, 0.25) is 6.79 Å². The number of anilines is 1. The summed E-state index contributed by atoms with van der Waals surface area (Å²) in [5.74, 6) is 0.212. The third-order valence-electron chi connectivity index (χ3n) is 5.82. The van der Waals surface area contributed by atoms with E-state index >= 15 is 0 Å². The summed E-state index contributed by atoms with van der Waals surface area (Å²) >= 11 is 0. The number of carbonyl (C=O) groups excluding carboxylic acids is 3. The molecule has 0 spiro atoms. The molecule has 0 unspecified atom stereocenters. The first-order valence-corrected chi connectivity index (χ1v) is 10.5. The molecule has 172 valence electrons. The van der Waals surface area contributed by atoms with Crippen molar-refractivity contribution in [1.29, 1.82) is 0 Å². The lowest BCUT2D eigenvalue weighted by Crippen LogP contribution is -2.54. The zero-order valence-electron chi connectivity index (χ0n) is 18.7. The lowest BCUT2D eigenvalue weighted by atomic mass is 10.1. The van der Waals surface area contributed by atoms with Crippen molar-refractivity contribution in [2.45, 2.75) is 13.8 Å². The Hall–Kier alpha value is -4.53. The standard InChI is InChI=1S/C25H21N3O6/c1-14-10-16(15(2)27(14)17-4-7-19(32-3)8-5-17)11-20-23(29)26-25(31)28(24(20)30)18-6-9-21-22(12-18)34-13-33-21/h4-12H,13H2,1-3H3,(H,26,29,31)/b20-11+. The summed E-state index contributed by atoms with van der Waals surface area (Å²) in [4.78, 5) is 39.3. The molecule has 0 aliphatic carbocycles. The third kappa shape index (κ3) is 3.47. The van der Waals surface area contributed by atoms with Gasteiger partial charge in [0.1, 0.15) is 11.3 Å². The number of aryl methyl sites for hydroxylation is 1. The molecule has 1 aromatic heterocycles. The number of nitrogens with zero attached hydrogens (tertiary/aromatic N) is 2. The number of carbonyl (C=O) groups is 3. The number of rotatable bonds is 4. The molecular weight excluding hydrogens is 438 g/mol. The van der Waals surface area contributed by atoms with Gasteiger partial charge < -0.3 is 18.8 Å². The fourth-order valence-corrected chi connectivity index (χ4v) is 4.13. The molecule has 9 heteroatoms. The number of imide groups is 2. The lowest BCUT2D eigenvalue weighted by Gasteiger charge is -2.26. The fourth-order valence-electron chi connectivity index (χ4n) is 4.13. The van der Waals surface area contributed by atoms with E-state index in [4.69, 9.17) is 14.2 Å². The molecule has 5 rings (SSSR count). The Kier molecular flexibility index (Phi) is 5.09. The van der Waals surface area contributed by atoms with E-state index in [0.29, 0.717) is 17.1 Å². The minimum absolute atomic E-state index is 0.0619. The largest absolute Gasteiger partial charge is 0.497 e. The van der Waals surface area contributed by atoms with E-state index in [-0.39, 0.29) is 18.1 Å². The van der Waals surface area contributed by atoms with Crippen molar-refractivity contribution in [3.8, 4) is 22.9 Å². The van der Waals surface area contributed by atoms with E-state index < -0.39 is 17.8 Å². The Bertz CT molecular complexity index is 1370. The van der Waals surface area contributed by atoms with Crippen LogP contribution in [0.2, 0.25) is 0 Å². The quantitative estimate of drug-likeness (QED) is 0.474. The predicted molar refractivity (Wildman–Crippen MR) is 123 cm³/mol. The van der Waals surface area contributed by atoms with Crippen LogP contribution in [0.4, 0.5) is 10.5 Å². The molecular formula is C25H21N3O6. The highest BCUT2D eigenvalue weighted by Crippen LogP contribution is 2.36. The SMILES string of the molecule is COc1ccc(-n2c(C)cc(/C=C3\C(=O)NC(=O)N(c4ccc5c(c4)OCO5)C3=O)c2C)cc1. The number of barbiturate groups is 1. The third-order valence-corrected chi connectivity index (χ3v) is 5.82. The zero-order chi connectivity index (χ0) is 24.0. The van der Waals surface area contributed by atoms with Crippen LogP contribution in [0.25, 0.3) is 11.8 Å². The number of amides is 4. The minimum atomic E-state index is -0.824. The Morgan fingerprint density at radius 1 is 0.941 bits per heavy atom. The van der Waals surface area contributed by atoms with Crippen LogP contribution in [0.3, 0.4) is 0 Å². The fraction of sp³-hybridized carbons (Fsp3) is 0.160. The molecule has 2 aromatic carbocycles. The average Bonchev–Trinajstić information content (AvgIpc) is 3.40. The number of nitrogens with one attached hydrogen (secondary N) is 1. The van der Waals surface area contributed by atoms with Crippen LogP contribution in [0.15, 0.2) is 54.1 Å². The molecule has 3 heterocycles. The van der Waals surface area contributed by atoms with Crippen LogP contribution in [0.5, 0.6) is 17.2 Å². The summed E-state index contributed by atoms with van der Waals surface area (Å²) in [5.41, 5.74) is 3.48. The Morgan fingerprint density at radius 2 is 1.65 bits per heavy atom. The molecule has 9 nitrogen and oxygen atoms in total. The van der Waals surface area contributed by atoms with Crippen molar-refractivity contribution in [2.24, 2.45) is 0 Å². The molecule has 2 aliphatic rings. The van der Waals surface area contributed by atoms with E-state index in [1.165, 1.54) is 12.1 Å².